The van der Waals surface area contributed by atoms with Crippen molar-refractivity contribution in [1.82, 2.24) is 5.43 Å². The van der Waals surface area contributed by atoms with Gasteiger partial charge in [-0.05, 0) is 17.7 Å². The number of nitrogens with one attached hydrogen (secondary N) is 1. The van der Waals surface area contributed by atoms with Crippen molar-refractivity contribution in [3.05, 3.63) is 60.1 Å². The van der Waals surface area contributed by atoms with E-state index < -0.39 is 0 Å². The van der Waals surface area contributed by atoms with Crippen LogP contribution in [0, 0.1) is 0 Å². The summed E-state index contributed by atoms with van der Waals surface area (Å²) >= 11 is 0. The average molecular weight is 242 g/mol. The molecule has 4 nitrogen and oxygen atoms in total. The smallest absolute Gasteiger partial charge is 0.307 e. The lowest BCUT2D eigenvalue weighted by molar-refractivity contribution is 0.0927. The molecule has 0 saturated heterocycles. The van der Waals surface area contributed by atoms with Gasteiger partial charge in [0.1, 0.15) is 0 Å². The Bertz CT molecular complexity index is 518. The standard InChI is InChI=1S/C14H14N2O2/c1-11(12-6-3-2-4-7-12)10-15-16-14(17)13-8-5-9-18-13/h2-11H,1H3,(H,16,17)/b15-10-/t11-/m0/s1. The van der Waals surface area contributed by atoms with Crippen LogP contribution < -0.4 is 5.43 Å². The molecule has 1 atom stereocenters. The fourth-order valence-corrected chi connectivity index (χ4v) is 1.51. The highest BCUT2D eigenvalue weighted by Gasteiger charge is 2.06. The number of furan rings is 1. The summed E-state index contributed by atoms with van der Waals surface area (Å²) in [5, 5.41) is 3.92. The maximum Gasteiger partial charge on any atom is 0.307 e. The Morgan fingerprint density at radius 1 is 1.28 bits per heavy atom. The summed E-state index contributed by atoms with van der Waals surface area (Å²) in [7, 11) is 0. The van der Waals surface area contributed by atoms with Crippen LogP contribution in [-0.2, 0) is 0 Å². The maximum absolute atomic E-state index is 11.5. The van der Waals surface area contributed by atoms with Crippen LogP contribution in [0.15, 0.2) is 58.2 Å². The number of benzene rings is 1. The molecule has 4 heteroatoms. The van der Waals surface area contributed by atoms with Crippen molar-refractivity contribution in [2.24, 2.45) is 5.10 Å². The van der Waals surface area contributed by atoms with Crippen LogP contribution in [-0.4, -0.2) is 12.1 Å². The topological polar surface area (TPSA) is 54.6 Å². The van der Waals surface area contributed by atoms with E-state index in [2.05, 4.69) is 10.5 Å². The predicted molar refractivity (Wildman–Crippen MR) is 69.5 cm³/mol. The van der Waals surface area contributed by atoms with Crippen LogP contribution in [0.3, 0.4) is 0 Å². The molecule has 0 radical (unpaired) electrons. The molecule has 2 aromatic rings. The number of carbonyl (C=O) groups is 1. The molecule has 1 N–H and O–H groups in total. The Hall–Kier alpha value is -2.36. The van der Waals surface area contributed by atoms with Crippen LogP contribution in [0.1, 0.15) is 29.0 Å². The van der Waals surface area contributed by atoms with Gasteiger partial charge in [-0.3, -0.25) is 4.79 Å². The zero-order chi connectivity index (χ0) is 12.8. The first-order valence-corrected chi connectivity index (χ1v) is 5.69. The fraction of sp³-hybridized carbons (Fsp3) is 0.143. The fourth-order valence-electron chi connectivity index (χ4n) is 1.51. The summed E-state index contributed by atoms with van der Waals surface area (Å²) in [4.78, 5) is 11.5. The molecule has 2 rings (SSSR count). The quantitative estimate of drug-likeness (QED) is 0.662. The van der Waals surface area contributed by atoms with Crippen LogP contribution in [0.25, 0.3) is 0 Å². The Balaban J connectivity index is 1.90. The number of nitrogens with zero attached hydrogens (tertiary/aromatic N) is 1. The van der Waals surface area contributed by atoms with Crippen molar-refractivity contribution in [2.45, 2.75) is 12.8 Å². The lowest BCUT2D eigenvalue weighted by atomic mass is 10.0. The second kappa shape index (κ2) is 5.82. The van der Waals surface area contributed by atoms with Gasteiger partial charge in [-0.25, -0.2) is 5.43 Å². The zero-order valence-electron chi connectivity index (χ0n) is 10.0. The van der Waals surface area contributed by atoms with Crippen molar-refractivity contribution in [3.8, 4) is 0 Å². The van der Waals surface area contributed by atoms with E-state index in [-0.39, 0.29) is 17.6 Å². The van der Waals surface area contributed by atoms with E-state index in [0.717, 1.165) is 5.56 Å². The molecule has 0 aliphatic heterocycles. The Morgan fingerprint density at radius 3 is 2.72 bits per heavy atom. The molecule has 18 heavy (non-hydrogen) atoms. The SMILES string of the molecule is C[C@@H](/C=N\NC(=O)c1ccco1)c1ccccc1. The van der Waals surface area contributed by atoms with Gasteiger partial charge in [-0.15, -0.1) is 0 Å². The molecule has 0 fully saturated rings. The van der Waals surface area contributed by atoms with E-state index in [0.29, 0.717) is 0 Å². The lowest BCUT2D eigenvalue weighted by Gasteiger charge is -2.04. The van der Waals surface area contributed by atoms with E-state index in [1.165, 1.54) is 6.26 Å². The van der Waals surface area contributed by atoms with Crippen LogP contribution in [0.4, 0.5) is 0 Å². The number of rotatable bonds is 4. The number of hydrogen-bond acceptors (Lipinski definition) is 3. The molecular formula is C14H14N2O2. The third kappa shape index (κ3) is 3.07. The van der Waals surface area contributed by atoms with Gasteiger partial charge in [0, 0.05) is 12.1 Å². The van der Waals surface area contributed by atoms with Crippen LogP contribution in [0.5, 0.6) is 0 Å². The molecule has 1 heterocycles. The summed E-state index contributed by atoms with van der Waals surface area (Å²) in [5.41, 5.74) is 3.57. The largest absolute Gasteiger partial charge is 0.459 e. The van der Waals surface area contributed by atoms with Gasteiger partial charge in [0.05, 0.1) is 6.26 Å². The number of hydrogen-bond donors (Lipinski definition) is 1. The predicted octanol–water partition coefficient (Wildman–Crippen LogP) is 2.80. The van der Waals surface area contributed by atoms with Gasteiger partial charge in [-0.2, -0.15) is 5.10 Å². The first-order valence-electron chi connectivity index (χ1n) is 5.69. The summed E-state index contributed by atoms with van der Waals surface area (Å²) < 4.78 is 4.95. The van der Waals surface area contributed by atoms with E-state index in [1.807, 2.05) is 37.3 Å². The molecule has 92 valence electrons. The summed E-state index contributed by atoms with van der Waals surface area (Å²) in [6.45, 7) is 2.01. The molecular weight excluding hydrogens is 228 g/mol. The third-order valence-electron chi connectivity index (χ3n) is 2.53. The minimum atomic E-state index is -0.350. The van der Waals surface area contributed by atoms with Crippen molar-refractivity contribution < 1.29 is 9.21 Å². The summed E-state index contributed by atoms with van der Waals surface area (Å²) in [6, 6.07) is 13.2. The molecule has 1 aromatic carbocycles. The molecule has 0 aliphatic rings. The summed E-state index contributed by atoms with van der Waals surface area (Å²) in [6.07, 6.45) is 3.14. The summed E-state index contributed by atoms with van der Waals surface area (Å²) in [5.74, 6) is 0.0409. The van der Waals surface area contributed by atoms with Crippen molar-refractivity contribution in [2.75, 3.05) is 0 Å². The minimum Gasteiger partial charge on any atom is -0.459 e. The van der Waals surface area contributed by atoms with Gasteiger partial charge in [-0.1, -0.05) is 37.3 Å². The first kappa shape index (κ1) is 12.1. The number of amides is 1. The van der Waals surface area contributed by atoms with Crippen molar-refractivity contribution >= 4 is 12.1 Å². The Kier molecular flexibility index (Phi) is 3.91. The normalized spacial score (nSPS) is 12.5. The molecule has 0 aliphatic carbocycles. The molecule has 1 amide bonds. The van der Waals surface area contributed by atoms with Gasteiger partial charge in [0.15, 0.2) is 5.76 Å². The van der Waals surface area contributed by atoms with Gasteiger partial charge in [0.2, 0.25) is 0 Å². The van der Waals surface area contributed by atoms with Gasteiger partial charge >= 0.3 is 5.91 Å². The van der Waals surface area contributed by atoms with E-state index in [4.69, 9.17) is 4.42 Å². The minimum absolute atomic E-state index is 0.142. The Labute approximate surface area is 105 Å². The van der Waals surface area contributed by atoms with Crippen LogP contribution >= 0.6 is 0 Å². The molecule has 1 aromatic heterocycles. The van der Waals surface area contributed by atoms with Crippen molar-refractivity contribution in [3.63, 3.8) is 0 Å². The second-order valence-corrected chi connectivity index (χ2v) is 3.90. The average Bonchev–Trinajstić information content (AvgIpc) is 2.93. The monoisotopic (exact) mass is 242 g/mol. The van der Waals surface area contributed by atoms with Gasteiger partial charge in [0.25, 0.3) is 0 Å². The lowest BCUT2D eigenvalue weighted by Crippen LogP contribution is -2.17. The van der Waals surface area contributed by atoms with Gasteiger partial charge < -0.3 is 4.42 Å². The van der Waals surface area contributed by atoms with E-state index >= 15 is 0 Å². The molecule has 0 unspecified atom stereocenters. The highest BCUT2D eigenvalue weighted by Crippen LogP contribution is 2.11. The molecule has 0 saturated carbocycles. The van der Waals surface area contributed by atoms with E-state index in [9.17, 15) is 4.79 Å². The molecule has 0 bridgehead atoms. The van der Waals surface area contributed by atoms with Crippen molar-refractivity contribution in [1.29, 1.82) is 0 Å². The zero-order valence-corrected chi connectivity index (χ0v) is 10.0. The Morgan fingerprint density at radius 2 is 2.06 bits per heavy atom. The maximum atomic E-state index is 11.5. The van der Waals surface area contributed by atoms with E-state index in [1.54, 1.807) is 18.3 Å². The molecule has 0 spiro atoms. The third-order valence-corrected chi connectivity index (χ3v) is 2.53. The second-order valence-electron chi connectivity index (χ2n) is 3.90. The van der Waals surface area contributed by atoms with Crippen LogP contribution in [0.2, 0.25) is 0 Å². The number of hydrazone groups is 1. The number of carbonyl (C=O) groups excluding carboxylic acids is 1. The highest BCUT2D eigenvalue weighted by atomic mass is 16.3. The first-order chi connectivity index (χ1) is 8.77. The highest BCUT2D eigenvalue weighted by molar-refractivity contribution is 5.91.